The van der Waals surface area contributed by atoms with Crippen LogP contribution in [0.2, 0.25) is 0 Å². The van der Waals surface area contributed by atoms with Crippen LogP contribution in [-0.2, 0) is 10.8 Å². The summed E-state index contributed by atoms with van der Waals surface area (Å²) in [6.45, 7) is 11.6. The molecule has 0 saturated carbocycles. The Hall–Kier alpha value is -3.00. The first-order chi connectivity index (χ1) is 15.1. The quantitative estimate of drug-likeness (QED) is 0.481. The molecule has 2 nitrogen and oxygen atoms in total. The van der Waals surface area contributed by atoms with Crippen LogP contribution in [0.1, 0.15) is 45.7 Å². The number of likely N-dealkylation sites (N-methyl/N-ethyl adjacent to an activating group) is 2. The highest BCUT2D eigenvalue weighted by Gasteiger charge is 2.50. The van der Waals surface area contributed by atoms with Crippen molar-refractivity contribution in [3.8, 4) is 0 Å². The minimum atomic E-state index is -0.0743. The highest BCUT2D eigenvalue weighted by Crippen LogP contribution is 2.51. The fourth-order valence-electron chi connectivity index (χ4n) is 5.44. The predicted octanol–water partition coefficient (Wildman–Crippen LogP) is 7.15. The smallest absolute Gasteiger partial charge is 0.0648 e. The second-order valence-electron chi connectivity index (χ2n) is 10.2. The average Bonchev–Trinajstić information content (AvgIpc) is 3.06. The molecule has 0 bridgehead atoms. The molecule has 2 heteroatoms. The van der Waals surface area contributed by atoms with Crippen molar-refractivity contribution in [2.45, 2.75) is 51.0 Å². The Labute approximate surface area is 194 Å². The monoisotopic (exact) mass is 424 g/mol. The Morgan fingerprint density at radius 1 is 0.656 bits per heavy atom. The first-order valence-corrected chi connectivity index (χ1v) is 11.5. The van der Waals surface area contributed by atoms with E-state index in [2.05, 4.69) is 150 Å². The van der Waals surface area contributed by atoms with Crippen LogP contribution in [0, 0.1) is 0 Å². The van der Waals surface area contributed by atoms with Crippen molar-refractivity contribution in [1.29, 1.82) is 0 Å². The Kier molecular flexibility index (Phi) is 5.45. The first-order valence-electron chi connectivity index (χ1n) is 11.5. The lowest BCUT2D eigenvalue weighted by atomic mass is 9.71. The van der Waals surface area contributed by atoms with Crippen molar-refractivity contribution in [3.05, 3.63) is 108 Å². The molecule has 4 rings (SSSR count). The minimum Gasteiger partial charge on any atom is -0.365 e. The number of allylic oxidation sites excluding steroid dienone is 7. The largest absolute Gasteiger partial charge is 0.365 e. The predicted molar refractivity (Wildman–Crippen MR) is 140 cm³/mol. The van der Waals surface area contributed by atoms with Crippen molar-refractivity contribution < 1.29 is 0 Å². The zero-order chi connectivity index (χ0) is 23.1. The van der Waals surface area contributed by atoms with Gasteiger partial charge in [0.15, 0.2) is 0 Å². The summed E-state index contributed by atoms with van der Waals surface area (Å²) in [4.78, 5) is 4.71. The van der Waals surface area contributed by atoms with E-state index in [1.165, 1.54) is 28.2 Å². The summed E-state index contributed by atoms with van der Waals surface area (Å²) < 4.78 is 0. The van der Waals surface area contributed by atoms with E-state index in [1.54, 1.807) is 0 Å². The average molecular weight is 425 g/mol. The summed E-state index contributed by atoms with van der Waals surface area (Å²) in [7, 11) is 4.36. The van der Waals surface area contributed by atoms with Gasteiger partial charge in [0, 0.05) is 42.0 Å². The van der Waals surface area contributed by atoms with Gasteiger partial charge in [-0.15, -0.1) is 0 Å². The summed E-state index contributed by atoms with van der Waals surface area (Å²) >= 11 is 0. The second kappa shape index (κ2) is 7.85. The Morgan fingerprint density at radius 2 is 1.22 bits per heavy atom. The number of hydrogen-bond donors (Lipinski definition) is 0. The number of anilines is 2. The Morgan fingerprint density at radius 3 is 1.88 bits per heavy atom. The topological polar surface area (TPSA) is 6.48 Å². The van der Waals surface area contributed by atoms with Gasteiger partial charge in [-0.05, 0) is 36.3 Å². The van der Waals surface area contributed by atoms with E-state index in [1.807, 2.05) is 0 Å². The molecule has 2 aliphatic heterocycles. The van der Waals surface area contributed by atoms with Gasteiger partial charge in [0.1, 0.15) is 0 Å². The maximum absolute atomic E-state index is 2.41. The SMILES string of the molecule is CN1/C(=C/C=C/C=C/C=C/C2(C)N(C)c3ccccc3C2(C)C)C(C)(C)c2ccccc21. The van der Waals surface area contributed by atoms with Gasteiger partial charge >= 0.3 is 0 Å². The van der Waals surface area contributed by atoms with E-state index in [0.29, 0.717) is 0 Å². The molecule has 0 radical (unpaired) electrons. The zero-order valence-electron chi connectivity index (χ0n) is 20.6. The number of hydrogen-bond acceptors (Lipinski definition) is 2. The summed E-state index contributed by atoms with van der Waals surface area (Å²) in [5, 5.41) is 0. The molecule has 2 aromatic carbocycles. The molecule has 2 heterocycles. The van der Waals surface area contributed by atoms with E-state index in [4.69, 9.17) is 0 Å². The molecule has 0 aliphatic carbocycles. The van der Waals surface area contributed by atoms with Crippen molar-refractivity contribution in [2.24, 2.45) is 0 Å². The van der Waals surface area contributed by atoms with Crippen LogP contribution < -0.4 is 9.80 Å². The maximum atomic E-state index is 2.41. The van der Waals surface area contributed by atoms with E-state index >= 15 is 0 Å². The van der Waals surface area contributed by atoms with Crippen molar-refractivity contribution in [2.75, 3.05) is 23.9 Å². The van der Waals surface area contributed by atoms with E-state index in [9.17, 15) is 0 Å². The summed E-state index contributed by atoms with van der Waals surface area (Å²) in [5.74, 6) is 0. The van der Waals surface area contributed by atoms with Gasteiger partial charge in [-0.1, -0.05) is 101 Å². The van der Waals surface area contributed by atoms with Crippen LogP contribution in [0.5, 0.6) is 0 Å². The molecule has 1 atom stereocenters. The maximum Gasteiger partial charge on any atom is 0.0648 e. The number of rotatable bonds is 4. The molecule has 0 saturated heterocycles. The number of para-hydroxylation sites is 2. The standard InChI is InChI=1S/C30H36N2/c1-28(2)23-17-12-14-19-25(23)31(6)27(28)21-11-9-8-10-16-22-30(5)29(3,4)24-18-13-15-20-26(24)32(30)7/h8-22H,1-7H3/b10-8+,11-9+,22-16+,27-21+. The molecule has 0 amide bonds. The van der Waals surface area contributed by atoms with E-state index < -0.39 is 0 Å². The zero-order valence-corrected chi connectivity index (χ0v) is 20.6. The Bertz CT molecular complexity index is 1130. The lowest BCUT2D eigenvalue weighted by Crippen LogP contribution is -2.50. The van der Waals surface area contributed by atoms with Crippen LogP contribution in [0.3, 0.4) is 0 Å². The minimum absolute atomic E-state index is 0.0154. The molecule has 32 heavy (non-hydrogen) atoms. The van der Waals surface area contributed by atoms with E-state index in [-0.39, 0.29) is 16.4 Å². The van der Waals surface area contributed by atoms with Crippen molar-refractivity contribution >= 4 is 11.4 Å². The first kappa shape index (κ1) is 22.2. The van der Waals surface area contributed by atoms with Gasteiger partial charge in [-0.3, -0.25) is 0 Å². The lowest BCUT2D eigenvalue weighted by Gasteiger charge is -2.41. The van der Waals surface area contributed by atoms with Gasteiger partial charge < -0.3 is 9.80 Å². The van der Waals surface area contributed by atoms with Gasteiger partial charge in [0.05, 0.1) is 5.54 Å². The van der Waals surface area contributed by atoms with Crippen LogP contribution in [0.4, 0.5) is 11.4 Å². The van der Waals surface area contributed by atoms with Crippen LogP contribution in [0.25, 0.3) is 0 Å². The van der Waals surface area contributed by atoms with Crippen molar-refractivity contribution in [1.82, 2.24) is 0 Å². The number of nitrogens with zero attached hydrogens (tertiary/aromatic N) is 2. The van der Waals surface area contributed by atoms with Gasteiger partial charge in [-0.2, -0.15) is 0 Å². The third-order valence-corrected chi connectivity index (χ3v) is 7.96. The molecule has 2 aliphatic rings. The fraction of sp³-hybridized carbons (Fsp3) is 0.333. The molecule has 166 valence electrons. The fourth-order valence-corrected chi connectivity index (χ4v) is 5.44. The highest BCUT2D eigenvalue weighted by atomic mass is 15.2. The normalized spacial score (nSPS) is 24.9. The van der Waals surface area contributed by atoms with E-state index in [0.717, 1.165) is 0 Å². The molecule has 2 aromatic rings. The third kappa shape index (κ3) is 3.24. The molecule has 0 N–H and O–H groups in total. The molecular weight excluding hydrogens is 388 g/mol. The Balaban J connectivity index is 1.47. The van der Waals surface area contributed by atoms with Crippen molar-refractivity contribution in [3.63, 3.8) is 0 Å². The molecule has 0 spiro atoms. The third-order valence-electron chi connectivity index (χ3n) is 7.96. The summed E-state index contributed by atoms with van der Waals surface area (Å²) in [5.41, 5.74) is 6.72. The summed E-state index contributed by atoms with van der Waals surface area (Å²) in [6, 6.07) is 17.4. The van der Waals surface area contributed by atoms with Crippen LogP contribution >= 0.6 is 0 Å². The summed E-state index contributed by atoms with van der Waals surface area (Å²) in [6.07, 6.45) is 15.3. The molecule has 0 aromatic heterocycles. The molecule has 0 fully saturated rings. The second-order valence-corrected chi connectivity index (χ2v) is 10.2. The lowest BCUT2D eigenvalue weighted by molar-refractivity contribution is 0.361. The van der Waals surface area contributed by atoms with Gasteiger partial charge in [0.2, 0.25) is 0 Å². The highest BCUT2D eigenvalue weighted by molar-refractivity contribution is 5.70. The number of fused-ring (bicyclic) bond motifs is 2. The van der Waals surface area contributed by atoms with Crippen LogP contribution in [0.15, 0.2) is 96.8 Å². The van der Waals surface area contributed by atoms with Crippen LogP contribution in [-0.4, -0.2) is 19.6 Å². The molecule has 1 unspecified atom stereocenters. The van der Waals surface area contributed by atoms with Gasteiger partial charge in [-0.25, -0.2) is 0 Å². The molecular formula is C30H36N2. The number of benzene rings is 2. The van der Waals surface area contributed by atoms with Gasteiger partial charge in [0.25, 0.3) is 0 Å².